The first-order valence-electron chi connectivity index (χ1n) is 7.66. The fourth-order valence-electron chi connectivity index (χ4n) is 2.42. The molecule has 108 valence electrons. The van der Waals surface area contributed by atoms with Gasteiger partial charge in [-0.15, -0.1) is 0 Å². The first-order chi connectivity index (χ1) is 9.29. The average molecular weight is 265 g/mol. The summed E-state index contributed by atoms with van der Waals surface area (Å²) in [6.45, 7) is 7.21. The number of hydrogen-bond donors (Lipinski definition) is 1. The number of hydrogen-bond acceptors (Lipinski definition) is 3. The molecule has 0 aliphatic carbocycles. The van der Waals surface area contributed by atoms with E-state index >= 15 is 0 Å². The minimum absolute atomic E-state index is 0.471. The first kappa shape index (κ1) is 14.5. The number of nitrogens with zero attached hydrogens (tertiary/aromatic N) is 2. The summed E-state index contributed by atoms with van der Waals surface area (Å²) < 4.78 is 7.78. The Balaban J connectivity index is 1.63. The Morgan fingerprint density at radius 1 is 1.53 bits per heavy atom. The second-order valence-corrected chi connectivity index (χ2v) is 5.50. The predicted octanol–water partition coefficient (Wildman–Crippen LogP) is 2.90. The predicted molar refractivity (Wildman–Crippen MR) is 77.1 cm³/mol. The van der Waals surface area contributed by atoms with Crippen LogP contribution in [0.1, 0.15) is 57.7 Å². The van der Waals surface area contributed by atoms with Crippen LogP contribution in [0.2, 0.25) is 0 Å². The third-order valence-corrected chi connectivity index (χ3v) is 3.93. The normalized spacial score (nSPS) is 21.5. The second-order valence-electron chi connectivity index (χ2n) is 5.50. The van der Waals surface area contributed by atoms with E-state index in [1.165, 1.54) is 19.3 Å². The van der Waals surface area contributed by atoms with Gasteiger partial charge in [0.25, 0.3) is 0 Å². The molecule has 0 aromatic carbocycles. The van der Waals surface area contributed by atoms with Crippen LogP contribution in [-0.2, 0) is 11.3 Å². The highest BCUT2D eigenvalue weighted by atomic mass is 16.5. The molecule has 1 fully saturated rings. The molecule has 2 unspecified atom stereocenters. The van der Waals surface area contributed by atoms with Gasteiger partial charge in [-0.25, -0.2) is 0 Å². The molecule has 4 nitrogen and oxygen atoms in total. The minimum atomic E-state index is 0.471. The molecule has 0 saturated carbocycles. The fourth-order valence-corrected chi connectivity index (χ4v) is 2.42. The van der Waals surface area contributed by atoms with E-state index in [2.05, 4.69) is 41.2 Å². The molecule has 2 rings (SSSR count). The van der Waals surface area contributed by atoms with Crippen LogP contribution < -0.4 is 5.32 Å². The fraction of sp³-hybridized carbons (Fsp3) is 0.800. The molecule has 1 aliphatic heterocycles. The van der Waals surface area contributed by atoms with Crippen molar-refractivity contribution in [2.24, 2.45) is 0 Å². The van der Waals surface area contributed by atoms with E-state index in [4.69, 9.17) is 4.74 Å². The largest absolute Gasteiger partial charge is 0.378 e. The Bertz CT molecular complexity index is 358. The zero-order chi connectivity index (χ0) is 13.5. The lowest BCUT2D eigenvalue weighted by molar-refractivity contribution is 0.0115. The molecule has 1 N–H and O–H groups in total. The van der Waals surface area contributed by atoms with Crippen molar-refractivity contribution in [2.45, 2.75) is 64.6 Å². The van der Waals surface area contributed by atoms with Crippen LogP contribution >= 0.6 is 0 Å². The molecular formula is C15H27N3O. The van der Waals surface area contributed by atoms with E-state index in [9.17, 15) is 0 Å². The van der Waals surface area contributed by atoms with Crippen molar-refractivity contribution in [3.63, 3.8) is 0 Å². The number of rotatable bonds is 7. The van der Waals surface area contributed by atoms with Gasteiger partial charge in [-0.2, -0.15) is 5.10 Å². The Morgan fingerprint density at radius 2 is 2.42 bits per heavy atom. The van der Waals surface area contributed by atoms with E-state index in [1.54, 1.807) is 0 Å². The zero-order valence-corrected chi connectivity index (χ0v) is 12.3. The highest BCUT2D eigenvalue weighted by Crippen LogP contribution is 2.15. The lowest BCUT2D eigenvalue weighted by Gasteiger charge is -2.22. The molecule has 2 heterocycles. The van der Waals surface area contributed by atoms with Crippen LogP contribution in [0.3, 0.4) is 0 Å². The standard InChI is InChI=1S/C15H27N3O/c1-3-13(2)18-10-8-14(17-18)12-16-9-7-15-6-4-5-11-19-15/h8,10,13,15-16H,3-7,9,11-12H2,1-2H3. The quantitative estimate of drug-likeness (QED) is 0.770. The van der Waals surface area contributed by atoms with E-state index in [1.807, 2.05) is 0 Å². The maximum absolute atomic E-state index is 5.72. The highest BCUT2D eigenvalue weighted by Gasteiger charge is 2.12. The summed E-state index contributed by atoms with van der Waals surface area (Å²) in [7, 11) is 0. The van der Waals surface area contributed by atoms with Gasteiger partial charge in [0, 0.05) is 25.4 Å². The van der Waals surface area contributed by atoms with E-state index in [0.29, 0.717) is 12.1 Å². The van der Waals surface area contributed by atoms with Crippen LogP contribution in [0.5, 0.6) is 0 Å². The third-order valence-electron chi connectivity index (χ3n) is 3.93. The van der Waals surface area contributed by atoms with E-state index in [-0.39, 0.29) is 0 Å². The van der Waals surface area contributed by atoms with Crippen LogP contribution in [0, 0.1) is 0 Å². The molecular weight excluding hydrogens is 238 g/mol. The Hall–Kier alpha value is -0.870. The first-order valence-corrected chi connectivity index (χ1v) is 7.66. The zero-order valence-electron chi connectivity index (χ0n) is 12.3. The molecule has 2 atom stereocenters. The molecule has 1 saturated heterocycles. The van der Waals surface area contributed by atoms with Crippen molar-refractivity contribution in [3.8, 4) is 0 Å². The van der Waals surface area contributed by atoms with Crippen molar-refractivity contribution in [1.82, 2.24) is 15.1 Å². The van der Waals surface area contributed by atoms with Crippen molar-refractivity contribution in [2.75, 3.05) is 13.2 Å². The number of ether oxygens (including phenoxy) is 1. The summed E-state index contributed by atoms with van der Waals surface area (Å²) in [5.74, 6) is 0. The molecule has 4 heteroatoms. The number of aromatic nitrogens is 2. The van der Waals surface area contributed by atoms with Gasteiger partial charge in [-0.1, -0.05) is 6.92 Å². The van der Waals surface area contributed by atoms with E-state index < -0.39 is 0 Å². The maximum Gasteiger partial charge on any atom is 0.0762 e. The van der Waals surface area contributed by atoms with Gasteiger partial charge in [0.05, 0.1) is 11.8 Å². The highest BCUT2D eigenvalue weighted by molar-refractivity contribution is 4.99. The Morgan fingerprint density at radius 3 is 3.16 bits per heavy atom. The van der Waals surface area contributed by atoms with Crippen LogP contribution in [-0.4, -0.2) is 29.0 Å². The molecule has 0 radical (unpaired) electrons. The summed E-state index contributed by atoms with van der Waals surface area (Å²) in [6.07, 6.45) is 8.57. The van der Waals surface area contributed by atoms with Gasteiger partial charge in [-0.05, 0) is 51.6 Å². The molecule has 1 aliphatic rings. The van der Waals surface area contributed by atoms with Crippen LogP contribution in [0.25, 0.3) is 0 Å². The van der Waals surface area contributed by atoms with Gasteiger partial charge >= 0.3 is 0 Å². The summed E-state index contributed by atoms with van der Waals surface area (Å²) in [6, 6.07) is 2.60. The molecule has 0 spiro atoms. The molecule has 1 aromatic heterocycles. The van der Waals surface area contributed by atoms with Gasteiger partial charge in [0.15, 0.2) is 0 Å². The molecule has 19 heavy (non-hydrogen) atoms. The lowest BCUT2D eigenvalue weighted by Crippen LogP contribution is -2.25. The minimum Gasteiger partial charge on any atom is -0.378 e. The SMILES string of the molecule is CCC(C)n1ccc(CNCCC2CCCCO2)n1. The molecule has 0 bridgehead atoms. The summed E-state index contributed by atoms with van der Waals surface area (Å²) in [4.78, 5) is 0. The summed E-state index contributed by atoms with van der Waals surface area (Å²) >= 11 is 0. The summed E-state index contributed by atoms with van der Waals surface area (Å²) in [5, 5.41) is 8.05. The van der Waals surface area contributed by atoms with Crippen LogP contribution in [0.15, 0.2) is 12.3 Å². The summed E-state index contributed by atoms with van der Waals surface area (Å²) in [5.41, 5.74) is 1.13. The average Bonchev–Trinajstić information content (AvgIpc) is 2.93. The smallest absolute Gasteiger partial charge is 0.0762 e. The third kappa shape index (κ3) is 4.62. The van der Waals surface area contributed by atoms with Crippen molar-refractivity contribution < 1.29 is 4.74 Å². The maximum atomic E-state index is 5.72. The van der Waals surface area contributed by atoms with E-state index in [0.717, 1.165) is 38.2 Å². The molecule has 0 amide bonds. The van der Waals surface area contributed by atoms with Gasteiger partial charge in [-0.3, -0.25) is 4.68 Å². The lowest BCUT2D eigenvalue weighted by atomic mass is 10.1. The van der Waals surface area contributed by atoms with Gasteiger partial charge in [0.1, 0.15) is 0 Å². The van der Waals surface area contributed by atoms with Gasteiger partial charge in [0.2, 0.25) is 0 Å². The van der Waals surface area contributed by atoms with Crippen molar-refractivity contribution in [3.05, 3.63) is 18.0 Å². The van der Waals surface area contributed by atoms with Crippen molar-refractivity contribution >= 4 is 0 Å². The van der Waals surface area contributed by atoms with Crippen LogP contribution in [0.4, 0.5) is 0 Å². The Kier molecular flexibility index (Phi) is 5.86. The van der Waals surface area contributed by atoms with Crippen molar-refractivity contribution in [1.29, 1.82) is 0 Å². The monoisotopic (exact) mass is 265 g/mol. The topological polar surface area (TPSA) is 39.1 Å². The molecule has 1 aromatic rings. The Labute approximate surface area is 116 Å². The second kappa shape index (κ2) is 7.65. The number of nitrogens with one attached hydrogen (secondary N) is 1. The van der Waals surface area contributed by atoms with Gasteiger partial charge < -0.3 is 10.1 Å².